The van der Waals surface area contributed by atoms with E-state index in [4.69, 9.17) is 22.1 Å². The van der Waals surface area contributed by atoms with Gasteiger partial charge in [-0.05, 0) is 49.3 Å². The van der Waals surface area contributed by atoms with Gasteiger partial charge in [0.05, 0.1) is 12.1 Å². The van der Waals surface area contributed by atoms with E-state index in [1.165, 1.54) is 0 Å². The molecule has 1 aliphatic rings. The third-order valence-electron chi connectivity index (χ3n) is 4.28. The first-order chi connectivity index (χ1) is 11.0. The number of carbonyl (C=O) groups is 1. The van der Waals surface area contributed by atoms with Crippen molar-refractivity contribution in [3.8, 4) is 0 Å². The van der Waals surface area contributed by atoms with Crippen molar-refractivity contribution in [3.63, 3.8) is 0 Å². The van der Waals surface area contributed by atoms with Crippen LogP contribution >= 0.6 is 11.6 Å². The van der Waals surface area contributed by atoms with Gasteiger partial charge >= 0.3 is 0 Å². The third-order valence-corrected chi connectivity index (χ3v) is 4.54. The molecule has 23 heavy (non-hydrogen) atoms. The Morgan fingerprint density at radius 1 is 1.30 bits per heavy atom. The number of benzene rings is 1. The molecule has 0 radical (unpaired) electrons. The highest BCUT2D eigenvalue weighted by molar-refractivity contribution is 6.30. The molecule has 1 fully saturated rings. The standard InChI is InChI=1S/C18H27ClN2O2/c1-12(2)3-9-16(13-4-6-14(19)7-5-13)21-18(22)17-10-8-15(11-20)23-17/h4-7,12,15-17H,3,8-11,20H2,1-2H3,(H,21,22)/t15-,16?,17+/m1/s1. The number of hydrogen-bond donors (Lipinski definition) is 2. The molecule has 4 nitrogen and oxygen atoms in total. The third kappa shape index (κ3) is 5.48. The zero-order chi connectivity index (χ0) is 16.8. The Morgan fingerprint density at radius 2 is 2.00 bits per heavy atom. The van der Waals surface area contributed by atoms with Gasteiger partial charge in [0, 0.05) is 11.6 Å². The van der Waals surface area contributed by atoms with Crippen LogP contribution in [0.25, 0.3) is 0 Å². The number of hydrogen-bond acceptors (Lipinski definition) is 3. The van der Waals surface area contributed by atoms with Gasteiger partial charge in [-0.2, -0.15) is 0 Å². The predicted octanol–water partition coefficient (Wildman–Crippen LogP) is 3.44. The van der Waals surface area contributed by atoms with Crippen molar-refractivity contribution in [2.45, 2.75) is 57.8 Å². The number of nitrogens with one attached hydrogen (secondary N) is 1. The van der Waals surface area contributed by atoms with Gasteiger partial charge in [-0.25, -0.2) is 0 Å². The number of amides is 1. The second-order valence-electron chi connectivity index (χ2n) is 6.64. The Hall–Kier alpha value is -1.10. The maximum Gasteiger partial charge on any atom is 0.249 e. The normalized spacial score (nSPS) is 22.3. The molecule has 1 aromatic carbocycles. The van der Waals surface area contributed by atoms with Crippen LogP contribution in [0.15, 0.2) is 24.3 Å². The molecule has 1 amide bonds. The zero-order valence-corrected chi connectivity index (χ0v) is 14.7. The van der Waals surface area contributed by atoms with Crippen LogP contribution < -0.4 is 11.1 Å². The van der Waals surface area contributed by atoms with Crippen molar-refractivity contribution in [2.75, 3.05) is 6.54 Å². The monoisotopic (exact) mass is 338 g/mol. The number of rotatable bonds is 7. The molecule has 3 atom stereocenters. The van der Waals surface area contributed by atoms with Crippen LogP contribution in [0.3, 0.4) is 0 Å². The minimum absolute atomic E-state index is 0.00963. The highest BCUT2D eigenvalue weighted by Crippen LogP contribution is 2.25. The molecule has 0 saturated carbocycles. The van der Waals surface area contributed by atoms with Crippen LogP contribution in [0.2, 0.25) is 5.02 Å². The lowest BCUT2D eigenvalue weighted by Crippen LogP contribution is -2.38. The van der Waals surface area contributed by atoms with Crippen LogP contribution in [0.4, 0.5) is 0 Å². The summed E-state index contributed by atoms with van der Waals surface area (Å²) < 4.78 is 5.70. The Balaban J connectivity index is 2.02. The number of carbonyl (C=O) groups excluding carboxylic acids is 1. The zero-order valence-electron chi connectivity index (χ0n) is 13.9. The molecule has 0 aromatic heterocycles. The fraction of sp³-hybridized carbons (Fsp3) is 0.611. The molecule has 5 heteroatoms. The van der Waals surface area contributed by atoms with E-state index in [1.54, 1.807) is 0 Å². The lowest BCUT2D eigenvalue weighted by atomic mass is 9.97. The van der Waals surface area contributed by atoms with E-state index < -0.39 is 0 Å². The fourth-order valence-corrected chi connectivity index (χ4v) is 2.98. The maximum atomic E-state index is 12.5. The maximum absolute atomic E-state index is 12.5. The second-order valence-corrected chi connectivity index (χ2v) is 7.08. The molecule has 1 heterocycles. The van der Waals surface area contributed by atoms with E-state index in [1.807, 2.05) is 24.3 Å². The van der Waals surface area contributed by atoms with Crippen molar-refractivity contribution in [2.24, 2.45) is 11.7 Å². The van der Waals surface area contributed by atoms with Gasteiger partial charge in [0.2, 0.25) is 5.91 Å². The topological polar surface area (TPSA) is 64.4 Å². The molecular formula is C18H27ClN2O2. The Morgan fingerprint density at radius 3 is 2.57 bits per heavy atom. The summed E-state index contributed by atoms with van der Waals surface area (Å²) in [5.74, 6) is 0.552. The largest absolute Gasteiger partial charge is 0.364 e. The highest BCUT2D eigenvalue weighted by Gasteiger charge is 2.31. The van der Waals surface area contributed by atoms with Crippen molar-refractivity contribution >= 4 is 17.5 Å². The summed E-state index contributed by atoms with van der Waals surface area (Å²) >= 11 is 5.97. The van der Waals surface area contributed by atoms with Crippen LogP contribution in [0, 0.1) is 5.92 Å². The molecular weight excluding hydrogens is 312 g/mol. The van der Waals surface area contributed by atoms with Gasteiger partial charge in [0.15, 0.2) is 0 Å². The first kappa shape index (κ1) is 18.2. The van der Waals surface area contributed by atoms with E-state index in [2.05, 4.69) is 19.2 Å². The van der Waals surface area contributed by atoms with Crippen LogP contribution in [-0.2, 0) is 9.53 Å². The van der Waals surface area contributed by atoms with E-state index in [9.17, 15) is 4.79 Å². The van der Waals surface area contributed by atoms with Crippen molar-refractivity contribution in [3.05, 3.63) is 34.9 Å². The number of halogens is 1. The van der Waals surface area contributed by atoms with Gasteiger partial charge in [0.1, 0.15) is 6.10 Å². The minimum Gasteiger partial charge on any atom is -0.364 e. The summed E-state index contributed by atoms with van der Waals surface area (Å²) in [5.41, 5.74) is 6.69. The summed E-state index contributed by atoms with van der Waals surface area (Å²) in [4.78, 5) is 12.5. The van der Waals surface area contributed by atoms with E-state index in [-0.39, 0.29) is 24.2 Å². The summed E-state index contributed by atoms with van der Waals surface area (Å²) in [6.45, 7) is 4.84. The molecule has 1 unspecified atom stereocenters. The fourth-order valence-electron chi connectivity index (χ4n) is 2.85. The molecule has 1 aliphatic heterocycles. The number of nitrogens with two attached hydrogens (primary N) is 1. The molecule has 0 spiro atoms. The quantitative estimate of drug-likeness (QED) is 0.800. The van der Waals surface area contributed by atoms with E-state index in [0.29, 0.717) is 17.5 Å². The lowest BCUT2D eigenvalue weighted by Gasteiger charge is -2.22. The van der Waals surface area contributed by atoms with Crippen LogP contribution in [0.5, 0.6) is 0 Å². The number of ether oxygens (including phenoxy) is 1. The lowest BCUT2D eigenvalue weighted by molar-refractivity contribution is -0.132. The highest BCUT2D eigenvalue weighted by atomic mass is 35.5. The van der Waals surface area contributed by atoms with Gasteiger partial charge in [0.25, 0.3) is 0 Å². The molecule has 2 rings (SSSR count). The summed E-state index contributed by atoms with van der Waals surface area (Å²) in [7, 11) is 0. The molecule has 0 aliphatic carbocycles. The molecule has 3 N–H and O–H groups in total. The molecule has 1 aromatic rings. The first-order valence-electron chi connectivity index (χ1n) is 8.41. The SMILES string of the molecule is CC(C)CCC(NC(=O)[C@@H]1CC[C@H](CN)O1)c1ccc(Cl)cc1. The first-order valence-corrected chi connectivity index (χ1v) is 8.78. The van der Waals surface area contributed by atoms with Crippen LogP contribution in [-0.4, -0.2) is 24.7 Å². The summed E-state index contributed by atoms with van der Waals surface area (Å²) in [6.07, 6.45) is 3.17. The van der Waals surface area contributed by atoms with Crippen LogP contribution in [0.1, 0.15) is 51.1 Å². The molecule has 128 valence electrons. The average molecular weight is 339 g/mol. The van der Waals surface area contributed by atoms with Gasteiger partial charge in [-0.3, -0.25) is 4.79 Å². The Bertz CT molecular complexity index is 504. The van der Waals surface area contributed by atoms with Crippen molar-refractivity contribution < 1.29 is 9.53 Å². The Labute approximate surface area is 143 Å². The smallest absolute Gasteiger partial charge is 0.249 e. The Kier molecular flexibility index (Phi) is 6.88. The predicted molar refractivity (Wildman–Crippen MR) is 93.4 cm³/mol. The summed E-state index contributed by atoms with van der Waals surface area (Å²) in [5, 5.41) is 3.85. The minimum atomic E-state index is -0.377. The van der Waals surface area contributed by atoms with Crippen molar-refractivity contribution in [1.82, 2.24) is 5.32 Å². The average Bonchev–Trinajstić information content (AvgIpc) is 3.01. The van der Waals surface area contributed by atoms with Gasteiger partial charge in [-0.15, -0.1) is 0 Å². The summed E-state index contributed by atoms with van der Waals surface area (Å²) in [6, 6.07) is 7.67. The molecule has 1 saturated heterocycles. The molecule has 0 bridgehead atoms. The van der Waals surface area contributed by atoms with Crippen molar-refractivity contribution in [1.29, 1.82) is 0 Å². The van der Waals surface area contributed by atoms with E-state index >= 15 is 0 Å². The van der Waals surface area contributed by atoms with Gasteiger partial charge in [-0.1, -0.05) is 37.6 Å². The van der Waals surface area contributed by atoms with E-state index in [0.717, 1.165) is 31.2 Å². The van der Waals surface area contributed by atoms with Gasteiger partial charge < -0.3 is 15.8 Å². The second kappa shape index (κ2) is 8.67.